The van der Waals surface area contributed by atoms with Gasteiger partial charge in [0, 0.05) is 66.6 Å². The van der Waals surface area contributed by atoms with Gasteiger partial charge in [-0.15, -0.1) is 0 Å². The molecule has 3 aromatic carbocycles. The second-order valence-corrected chi connectivity index (χ2v) is 14.9. The summed E-state index contributed by atoms with van der Waals surface area (Å²) in [7, 11) is 6.41. The van der Waals surface area contributed by atoms with Crippen LogP contribution in [0.25, 0.3) is 16.9 Å². The zero-order chi connectivity index (χ0) is 44.1. The summed E-state index contributed by atoms with van der Waals surface area (Å²) in [6.45, 7) is 1.51. The molecule has 1 aliphatic heterocycles. The second kappa shape index (κ2) is 18.2. The molecule has 15 nitrogen and oxygen atoms in total. The predicted molar refractivity (Wildman–Crippen MR) is 230 cm³/mol. The van der Waals surface area contributed by atoms with Crippen LogP contribution in [0.15, 0.2) is 104 Å². The van der Waals surface area contributed by atoms with Gasteiger partial charge in [0.05, 0.1) is 64.5 Å². The molecule has 7 aromatic rings. The predicted octanol–water partition coefficient (Wildman–Crippen LogP) is 7.28. The van der Waals surface area contributed by atoms with Crippen molar-refractivity contribution in [2.24, 2.45) is 5.73 Å². The fourth-order valence-corrected chi connectivity index (χ4v) is 8.10. The van der Waals surface area contributed by atoms with Crippen LogP contribution in [-0.2, 0) is 29.8 Å². The van der Waals surface area contributed by atoms with Gasteiger partial charge in [0.25, 0.3) is 0 Å². The van der Waals surface area contributed by atoms with Gasteiger partial charge < -0.3 is 39.2 Å². The number of rotatable bonds is 15. The number of nitrogens with two attached hydrogens (primary N) is 1. The maximum atomic E-state index is 14.6. The number of pyridine rings is 2. The Hall–Kier alpha value is -7.56. The number of fused-ring (bicyclic) bond motifs is 1. The fraction of sp³-hybridized carbons (Fsp3) is 0.261. The summed E-state index contributed by atoms with van der Waals surface area (Å²) in [5, 5.41) is 4.85. The van der Waals surface area contributed by atoms with Gasteiger partial charge in [-0.1, -0.05) is 6.07 Å². The van der Waals surface area contributed by atoms with Crippen molar-refractivity contribution in [1.29, 1.82) is 0 Å². The molecule has 324 valence electrons. The molecule has 4 aromatic heterocycles. The molecule has 0 spiro atoms. The molecule has 0 radical (unpaired) electrons. The fourth-order valence-electron chi connectivity index (χ4n) is 8.10. The second-order valence-electron chi connectivity index (χ2n) is 14.9. The Morgan fingerprint density at radius 2 is 1.51 bits per heavy atom. The van der Waals surface area contributed by atoms with E-state index in [4.69, 9.17) is 49.5 Å². The number of piperidine rings is 1. The van der Waals surface area contributed by atoms with Gasteiger partial charge >= 0.3 is 6.09 Å². The van der Waals surface area contributed by atoms with E-state index in [1.807, 2.05) is 59.5 Å². The van der Waals surface area contributed by atoms with Crippen LogP contribution < -0.4 is 34.5 Å². The van der Waals surface area contributed by atoms with Gasteiger partial charge in [0.2, 0.25) is 5.95 Å². The van der Waals surface area contributed by atoms with Crippen molar-refractivity contribution in [3.8, 4) is 34.3 Å². The smallest absolute Gasteiger partial charge is 0.405 e. The largest absolute Gasteiger partial charge is 0.497 e. The summed E-state index contributed by atoms with van der Waals surface area (Å²) < 4.78 is 58.8. The lowest BCUT2D eigenvalue weighted by molar-refractivity contribution is -0.00167. The molecule has 0 aliphatic carbocycles. The summed E-state index contributed by atoms with van der Waals surface area (Å²) in [6, 6.07) is 22.2. The van der Waals surface area contributed by atoms with E-state index in [2.05, 4.69) is 9.88 Å². The Morgan fingerprint density at radius 3 is 2.14 bits per heavy atom. The number of ether oxygens (including phenoxy) is 5. The van der Waals surface area contributed by atoms with Crippen molar-refractivity contribution in [3.63, 3.8) is 0 Å². The highest BCUT2D eigenvalue weighted by molar-refractivity contribution is 5.68. The maximum absolute atomic E-state index is 14.6. The van der Waals surface area contributed by atoms with Crippen LogP contribution in [0, 0.1) is 11.6 Å². The molecular formula is C46H45F2N9O6. The molecule has 63 heavy (non-hydrogen) atoms. The lowest BCUT2D eigenvalue weighted by Gasteiger charge is -2.42. The number of benzene rings is 3. The first-order valence-corrected chi connectivity index (χ1v) is 20.1. The average molecular weight is 858 g/mol. The standard InChI is InChI=1S/C46H45F2N9O6/c1-59-34-12-9-30(40(21-34)61-3)25-56(26-31-10-13-35(60-2)22-41(31)62-4)45-53-28-52-43-33(23-54-57(43)45)18-32-20-38(29-11-14-36(47)37(48)19-29)51-24-39(32)55-17-7-15-46(27-55,63-44(49)58)42-8-5-6-16-50-42/h5-6,8-14,16,19-24,28H,7,15,17-18,25-27H2,1-4H3,(H2,49,58). The molecule has 1 aliphatic rings. The van der Waals surface area contributed by atoms with Gasteiger partial charge in [0.1, 0.15) is 29.3 Å². The van der Waals surface area contributed by atoms with E-state index < -0.39 is 23.3 Å². The molecule has 1 atom stereocenters. The molecule has 0 saturated carbocycles. The lowest BCUT2D eigenvalue weighted by Crippen LogP contribution is -2.50. The maximum Gasteiger partial charge on any atom is 0.405 e. The molecule has 1 amide bonds. The number of nitrogens with zero attached hydrogens (tertiary/aromatic N) is 8. The highest BCUT2D eigenvalue weighted by atomic mass is 19.2. The highest BCUT2D eigenvalue weighted by Crippen LogP contribution is 2.39. The van der Waals surface area contributed by atoms with E-state index in [1.165, 1.54) is 12.4 Å². The number of carbonyl (C=O) groups is 1. The van der Waals surface area contributed by atoms with Gasteiger partial charge in [0.15, 0.2) is 22.9 Å². The molecule has 1 fully saturated rings. The van der Waals surface area contributed by atoms with Gasteiger partial charge in [-0.05, 0) is 79.1 Å². The van der Waals surface area contributed by atoms with E-state index in [0.29, 0.717) is 84.0 Å². The van der Waals surface area contributed by atoms with E-state index in [0.717, 1.165) is 40.1 Å². The van der Waals surface area contributed by atoms with E-state index in [-0.39, 0.29) is 13.0 Å². The minimum absolute atomic E-state index is 0.228. The van der Waals surface area contributed by atoms with Crippen molar-refractivity contribution >= 4 is 23.4 Å². The van der Waals surface area contributed by atoms with Crippen LogP contribution in [-0.4, -0.2) is 77.2 Å². The molecule has 2 N–H and O–H groups in total. The minimum atomic E-state index is -1.14. The molecular weight excluding hydrogens is 813 g/mol. The van der Waals surface area contributed by atoms with Crippen molar-refractivity contribution in [2.75, 3.05) is 51.3 Å². The zero-order valence-electron chi connectivity index (χ0n) is 35.1. The number of anilines is 2. The van der Waals surface area contributed by atoms with Crippen molar-refractivity contribution in [1.82, 2.24) is 29.5 Å². The summed E-state index contributed by atoms with van der Waals surface area (Å²) in [6.07, 6.45) is 7.07. The molecule has 17 heteroatoms. The number of hydrogen-bond acceptors (Lipinski definition) is 13. The first kappa shape index (κ1) is 42.1. The average Bonchev–Trinajstić information content (AvgIpc) is 3.72. The number of hydrogen-bond donors (Lipinski definition) is 1. The van der Waals surface area contributed by atoms with Crippen LogP contribution in [0.4, 0.5) is 25.2 Å². The van der Waals surface area contributed by atoms with Crippen molar-refractivity contribution in [2.45, 2.75) is 38.0 Å². The van der Waals surface area contributed by atoms with Gasteiger partial charge in [-0.3, -0.25) is 9.97 Å². The van der Waals surface area contributed by atoms with E-state index in [1.54, 1.807) is 57.6 Å². The number of primary amides is 1. The Labute approximate surface area is 362 Å². The van der Waals surface area contributed by atoms with Gasteiger partial charge in [-0.25, -0.2) is 23.5 Å². The SMILES string of the molecule is COc1ccc(CN(Cc2ccc(OC)cc2OC)c2ncnc3c(Cc4cc(-c5ccc(F)c(F)c5)ncc4N4CCCC(OC(N)=O)(c5ccccn5)C4)cnn23)c(OC)c1. The topological polar surface area (TPSA) is 165 Å². The monoisotopic (exact) mass is 857 g/mol. The Bertz CT molecular complexity index is 2700. The Balaban J connectivity index is 1.21. The van der Waals surface area contributed by atoms with E-state index >= 15 is 0 Å². The molecule has 8 rings (SSSR count). The van der Waals surface area contributed by atoms with E-state index in [9.17, 15) is 13.6 Å². The third-order valence-electron chi connectivity index (χ3n) is 11.1. The minimum Gasteiger partial charge on any atom is -0.497 e. The number of aromatic nitrogens is 6. The van der Waals surface area contributed by atoms with Crippen molar-refractivity contribution in [3.05, 3.63) is 143 Å². The number of halogens is 2. The molecule has 1 saturated heterocycles. The zero-order valence-corrected chi connectivity index (χ0v) is 35.1. The summed E-state index contributed by atoms with van der Waals surface area (Å²) in [5.74, 6) is 1.08. The Kier molecular flexibility index (Phi) is 12.2. The molecule has 1 unspecified atom stereocenters. The van der Waals surface area contributed by atoms with Gasteiger partial charge in [-0.2, -0.15) is 9.61 Å². The number of methoxy groups -OCH3 is 4. The quantitative estimate of drug-likeness (QED) is 0.110. The highest BCUT2D eigenvalue weighted by Gasteiger charge is 2.42. The first-order chi connectivity index (χ1) is 30.6. The van der Waals surface area contributed by atoms with Crippen LogP contribution in [0.1, 0.15) is 40.8 Å². The third-order valence-corrected chi connectivity index (χ3v) is 11.1. The lowest BCUT2D eigenvalue weighted by atomic mass is 9.88. The summed E-state index contributed by atoms with van der Waals surface area (Å²) in [5.41, 5.74) is 10.4. The molecule has 5 heterocycles. The third kappa shape index (κ3) is 8.80. The normalized spacial score (nSPS) is 14.9. The number of amides is 1. The van der Waals surface area contributed by atoms with Crippen LogP contribution >= 0.6 is 0 Å². The first-order valence-electron chi connectivity index (χ1n) is 20.1. The summed E-state index contributed by atoms with van der Waals surface area (Å²) in [4.78, 5) is 35.3. The van der Waals surface area contributed by atoms with Crippen molar-refractivity contribution < 1.29 is 37.3 Å². The van der Waals surface area contributed by atoms with Crippen LogP contribution in [0.3, 0.4) is 0 Å². The summed E-state index contributed by atoms with van der Waals surface area (Å²) >= 11 is 0. The van der Waals surface area contributed by atoms with Crippen LogP contribution in [0.5, 0.6) is 23.0 Å². The molecule has 0 bridgehead atoms. The number of carbonyl (C=O) groups excluding carboxylic acids is 1. The Morgan fingerprint density at radius 1 is 0.778 bits per heavy atom. The van der Waals surface area contributed by atoms with Crippen LogP contribution in [0.2, 0.25) is 0 Å².